The van der Waals surface area contributed by atoms with E-state index >= 15 is 0 Å². The average molecular weight is 552 g/mol. The van der Waals surface area contributed by atoms with Crippen LogP contribution in [0.5, 0.6) is 0 Å². The molecule has 13 heteroatoms. The fraction of sp³-hybridized carbons (Fsp3) is 0.333. The molecule has 2 aliphatic heterocycles. The number of nitrogens with one attached hydrogen (secondary N) is 1. The highest BCUT2D eigenvalue weighted by atomic mass is 35.5. The lowest BCUT2D eigenvalue weighted by Crippen LogP contribution is -2.50. The summed E-state index contributed by atoms with van der Waals surface area (Å²) in [5, 5.41) is 20.3. The molecule has 2 amide bonds. The zero-order valence-electron chi connectivity index (χ0n) is 19.2. The van der Waals surface area contributed by atoms with Crippen LogP contribution in [0.15, 0.2) is 41.3 Å². The second kappa shape index (κ2) is 10.1. The number of hydrogen-bond donors (Lipinski definition) is 2. The van der Waals surface area contributed by atoms with Gasteiger partial charge in [0.2, 0.25) is 0 Å². The topological polar surface area (TPSA) is 100 Å². The van der Waals surface area contributed by atoms with Crippen LogP contribution >= 0.6 is 23.4 Å². The number of aliphatic hydroxyl groups excluding tert-OH is 1. The number of amides is 2. The number of piperidine rings is 1. The van der Waals surface area contributed by atoms with Crippen molar-refractivity contribution < 1.29 is 27.9 Å². The van der Waals surface area contributed by atoms with Gasteiger partial charge in [0.25, 0.3) is 11.1 Å². The number of fused-ring (bicyclic) bond motifs is 1. The molecular formula is C24H21ClF3N5O3S. The van der Waals surface area contributed by atoms with Crippen LogP contribution in [-0.2, 0) is 17.5 Å². The van der Waals surface area contributed by atoms with E-state index in [2.05, 4.69) is 15.6 Å². The van der Waals surface area contributed by atoms with Crippen molar-refractivity contribution in [3.8, 4) is 0 Å². The molecule has 2 aromatic carbocycles. The molecule has 1 aromatic heterocycles. The Bertz CT molecular complexity index is 1410. The first-order valence-corrected chi connectivity index (χ1v) is 12.6. The Labute approximate surface area is 218 Å². The van der Waals surface area contributed by atoms with E-state index in [0.29, 0.717) is 36.0 Å². The molecule has 8 nitrogen and oxygen atoms in total. The Morgan fingerprint density at radius 3 is 2.78 bits per heavy atom. The SMILES string of the molecule is O=C1S/C(=C\c2ccc3c(c2)nnn3Cc2ccc(Cl)cc2C(F)(F)F)C(=O)N1C1CCN[C@@H](CO)C1. The summed E-state index contributed by atoms with van der Waals surface area (Å²) in [5.74, 6) is -0.384. The number of rotatable bonds is 5. The number of aromatic nitrogens is 3. The summed E-state index contributed by atoms with van der Waals surface area (Å²) in [5.41, 5.74) is 0.710. The van der Waals surface area contributed by atoms with Crippen LogP contribution in [0.1, 0.15) is 29.5 Å². The zero-order valence-corrected chi connectivity index (χ0v) is 20.8. The number of carbonyl (C=O) groups is 2. The first-order valence-electron chi connectivity index (χ1n) is 11.4. The monoisotopic (exact) mass is 551 g/mol. The minimum absolute atomic E-state index is 0.00259. The van der Waals surface area contributed by atoms with Gasteiger partial charge >= 0.3 is 6.18 Å². The van der Waals surface area contributed by atoms with E-state index in [1.54, 1.807) is 24.3 Å². The molecule has 2 N–H and O–H groups in total. The summed E-state index contributed by atoms with van der Waals surface area (Å²) in [6.07, 6.45) is -1.88. The van der Waals surface area contributed by atoms with Crippen molar-refractivity contribution in [1.82, 2.24) is 25.2 Å². The minimum Gasteiger partial charge on any atom is -0.395 e. The average Bonchev–Trinajstić information content (AvgIpc) is 3.38. The van der Waals surface area contributed by atoms with E-state index in [-0.39, 0.29) is 51.9 Å². The van der Waals surface area contributed by atoms with Gasteiger partial charge in [0.15, 0.2) is 0 Å². The van der Waals surface area contributed by atoms with Crippen molar-refractivity contribution in [3.63, 3.8) is 0 Å². The Hall–Kier alpha value is -2.93. The van der Waals surface area contributed by atoms with E-state index in [1.165, 1.54) is 21.7 Å². The molecule has 2 fully saturated rings. The molecule has 0 spiro atoms. The largest absolute Gasteiger partial charge is 0.416 e. The van der Waals surface area contributed by atoms with E-state index in [0.717, 1.165) is 17.8 Å². The van der Waals surface area contributed by atoms with Crippen molar-refractivity contribution in [3.05, 3.63) is 63.0 Å². The minimum atomic E-state index is -4.57. The number of alkyl halides is 3. The molecule has 0 aliphatic carbocycles. The van der Waals surface area contributed by atoms with Crippen molar-refractivity contribution in [2.75, 3.05) is 13.2 Å². The number of carbonyl (C=O) groups excluding carboxylic acids is 2. The quantitative estimate of drug-likeness (QED) is 0.456. The van der Waals surface area contributed by atoms with Crippen LogP contribution in [0.25, 0.3) is 17.1 Å². The molecule has 3 aromatic rings. The highest BCUT2D eigenvalue weighted by molar-refractivity contribution is 8.18. The molecule has 0 saturated carbocycles. The summed E-state index contributed by atoms with van der Waals surface area (Å²) in [4.78, 5) is 27.2. The molecule has 0 bridgehead atoms. The summed E-state index contributed by atoms with van der Waals surface area (Å²) in [7, 11) is 0. The lowest BCUT2D eigenvalue weighted by atomic mass is 9.98. The highest BCUT2D eigenvalue weighted by Gasteiger charge is 2.41. The fourth-order valence-corrected chi connectivity index (χ4v) is 5.68. The number of hydrogen-bond acceptors (Lipinski definition) is 7. The van der Waals surface area contributed by atoms with E-state index in [9.17, 15) is 27.9 Å². The van der Waals surface area contributed by atoms with Gasteiger partial charge in [-0.3, -0.25) is 14.5 Å². The Balaban J connectivity index is 1.38. The van der Waals surface area contributed by atoms with Gasteiger partial charge < -0.3 is 10.4 Å². The molecule has 5 rings (SSSR count). The van der Waals surface area contributed by atoms with Gasteiger partial charge in [0, 0.05) is 17.1 Å². The number of halogens is 4. The van der Waals surface area contributed by atoms with Crippen LogP contribution in [-0.4, -0.2) is 61.4 Å². The highest BCUT2D eigenvalue weighted by Crippen LogP contribution is 2.37. The zero-order chi connectivity index (χ0) is 26.3. The maximum atomic E-state index is 13.5. The van der Waals surface area contributed by atoms with Crippen molar-refractivity contribution in [1.29, 1.82) is 0 Å². The van der Waals surface area contributed by atoms with Crippen LogP contribution < -0.4 is 5.32 Å². The molecular weight excluding hydrogens is 531 g/mol. The van der Waals surface area contributed by atoms with Crippen molar-refractivity contribution >= 4 is 51.6 Å². The Kier molecular flexibility index (Phi) is 7.01. The lowest BCUT2D eigenvalue weighted by molar-refractivity contribution is -0.138. The maximum Gasteiger partial charge on any atom is 0.416 e. The molecule has 194 valence electrons. The Morgan fingerprint density at radius 1 is 1.22 bits per heavy atom. The van der Waals surface area contributed by atoms with Crippen molar-refractivity contribution in [2.45, 2.75) is 37.6 Å². The number of aliphatic hydroxyl groups is 1. The van der Waals surface area contributed by atoms with Crippen molar-refractivity contribution in [2.24, 2.45) is 0 Å². The van der Waals surface area contributed by atoms with Gasteiger partial charge in [0.1, 0.15) is 5.52 Å². The van der Waals surface area contributed by atoms with Gasteiger partial charge in [0.05, 0.1) is 29.1 Å². The van der Waals surface area contributed by atoms with Crippen LogP contribution in [0.3, 0.4) is 0 Å². The second-order valence-electron chi connectivity index (χ2n) is 8.86. The standard InChI is InChI=1S/C24H21ClF3N5O3S/c25-15-3-2-14(18(9-15)24(26,27)28)11-32-20-4-1-13(7-19(20)30-31-32)8-21-22(35)33(23(36)37-21)17-5-6-29-16(10-17)12-34/h1-4,7-9,16-17,29,34H,5-6,10-12H2/b21-8-/t16-,17?/m1/s1. The number of imide groups is 1. The maximum absolute atomic E-state index is 13.5. The first kappa shape index (κ1) is 25.7. The van der Waals surface area contributed by atoms with Gasteiger partial charge in [-0.2, -0.15) is 13.2 Å². The Morgan fingerprint density at radius 2 is 2.03 bits per heavy atom. The number of benzene rings is 2. The predicted octanol–water partition coefficient (Wildman–Crippen LogP) is 4.30. The fourth-order valence-electron chi connectivity index (χ4n) is 4.61. The third-order valence-electron chi connectivity index (χ3n) is 6.41. The summed E-state index contributed by atoms with van der Waals surface area (Å²) < 4.78 is 41.8. The molecule has 1 unspecified atom stereocenters. The summed E-state index contributed by atoms with van der Waals surface area (Å²) in [6.45, 7) is 0.369. The molecule has 2 aliphatic rings. The van der Waals surface area contributed by atoms with Crippen LogP contribution in [0, 0.1) is 0 Å². The molecule has 2 atom stereocenters. The van der Waals surface area contributed by atoms with Gasteiger partial charge in [-0.25, -0.2) is 4.68 Å². The smallest absolute Gasteiger partial charge is 0.395 e. The predicted molar refractivity (Wildman–Crippen MR) is 133 cm³/mol. The summed E-state index contributed by atoms with van der Waals surface area (Å²) in [6, 6.07) is 8.15. The molecule has 2 saturated heterocycles. The third-order valence-corrected chi connectivity index (χ3v) is 7.53. The second-order valence-corrected chi connectivity index (χ2v) is 10.3. The number of thioether (sulfide) groups is 1. The van der Waals surface area contributed by atoms with Crippen LogP contribution in [0.2, 0.25) is 5.02 Å². The summed E-state index contributed by atoms with van der Waals surface area (Å²) >= 11 is 6.62. The van der Waals surface area contributed by atoms with Crippen LogP contribution in [0.4, 0.5) is 18.0 Å². The van der Waals surface area contributed by atoms with Gasteiger partial charge in [-0.15, -0.1) is 5.10 Å². The van der Waals surface area contributed by atoms with E-state index in [1.807, 2.05) is 0 Å². The first-order chi connectivity index (χ1) is 17.6. The van der Waals surface area contributed by atoms with E-state index < -0.39 is 11.7 Å². The van der Waals surface area contributed by atoms with Gasteiger partial charge in [-0.05, 0) is 72.6 Å². The molecule has 37 heavy (non-hydrogen) atoms. The lowest BCUT2D eigenvalue weighted by Gasteiger charge is -2.33. The number of nitrogens with zero attached hydrogens (tertiary/aromatic N) is 4. The van der Waals surface area contributed by atoms with E-state index in [4.69, 9.17) is 11.6 Å². The molecule has 3 heterocycles. The van der Waals surface area contributed by atoms with Gasteiger partial charge in [-0.1, -0.05) is 28.9 Å². The normalized spacial score (nSPS) is 22.0. The third kappa shape index (κ3) is 5.24. The molecule has 0 radical (unpaired) electrons.